The first-order valence-electron chi connectivity index (χ1n) is 6.90. The third-order valence-corrected chi connectivity index (χ3v) is 3.91. The molecule has 20 heavy (non-hydrogen) atoms. The Bertz CT molecular complexity index is 588. The van der Waals surface area contributed by atoms with Gasteiger partial charge in [-0.2, -0.15) is 0 Å². The van der Waals surface area contributed by atoms with Crippen LogP contribution < -0.4 is 10.3 Å². The maximum Gasteiger partial charge on any atom is 0.259 e. The molecule has 0 radical (unpaired) electrons. The first-order valence-corrected chi connectivity index (χ1v) is 6.90. The van der Waals surface area contributed by atoms with Crippen LogP contribution in [-0.2, 0) is 17.7 Å². The lowest BCUT2D eigenvalue weighted by molar-refractivity contribution is 0.0299. The van der Waals surface area contributed by atoms with Crippen molar-refractivity contribution in [1.29, 1.82) is 0 Å². The summed E-state index contributed by atoms with van der Waals surface area (Å²) in [5.74, 6) is 0.329. The van der Waals surface area contributed by atoms with E-state index in [0.717, 1.165) is 18.5 Å². The van der Waals surface area contributed by atoms with Crippen LogP contribution in [0.1, 0.15) is 22.5 Å². The van der Waals surface area contributed by atoms with Gasteiger partial charge in [-0.3, -0.25) is 9.59 Å². The normalized spacial score (nSPS) is 17.9. The second-order valence-electron chi connectivity index (χ2n) is 5.03. The molecule has 3 heterocycles. The van der Waals surface area contributed by atoms with Crippen molar-refractivity contribution in [3.63, 3.8) is 0 Å². The fraction of sp³-hybridized carbons (Fsp3) is 0.571. The van der Waals surface area contributed by atoms with Gasteiger partial charge >= 0.3 is 0 Å². The zero-order valence-corrected chi connectivity index (χ0v) is 11.6. The molecule has 1 amide bonds. The monoisotopic (exact) mass is 278 g/mol. The van der Waals surface area contributed by atoms with Gasteiger partial charge in [0.15, 0.2) is 0 Å². The van der Waals surface area contributed by atoms with Crippen molar-refractivity contribution < 1.29 is 14.3 Å². The van der Waals surface area contributed by atoms with E-state index in [9.17, 15) is 9.59 Å². The third-order valence-electron chi connectivity index (χ3n) is 3.91. The van der Waals surface area contributed by atoms with Crippen LogP contribution in [0.2, 0.25) is 0 Å². The Kier molecular flexibility index (Phi) is 3.48. The number of fused-ring (bicyclic) bond motifs is 1. The van der Waals surface area contributed by atoms with E-state index in [1.165, 1.54) is 13.2 Å². The van der Waals surface area contributed by atoms with Crippen LogP contribution in [-0.4, -0.2) is 48.8 Å². The highest BCUT2D eigenvalue weighted by atomic mass is 16.5. The molecule has 0 aromatic carbocycles. The number of carbonyl (C=O) groups is 1. The number of rotatable bonds is 2. The number of nitrogens with zero attached hydrogens (tertiary/aromatic N) is 2. The van der Waals surface area contributed by atoms with Gasteiger partial charge in [0.25, 0.3) is 11.5 Å². The maximum absolute atomic E-state index is 12.7. The average molecular weight is 278 g/mol. The molecule has 1 aromatic heterocycles. The molecule has 3 rings (SSSR count). The highest BCUT2D eigenvalue weighted by molar-refractivity contribution is 5.98. The standard InChI is InChI=1S/C14H18N2O4/c1-19-11-9-12(17)16-4-2-3-10(16)13(11)14(18)15-5-7-20-8-6-15/h9H,2-8H2,1H3. The van der Waals surface area contributed by atoms with Crippen LogP contribution in [0.5, 0.6) is 5.75 Å². The van der Waals surface area contributed by atoms with Crippen molar-refractivity contribution in [2.45, 2.75) is 19.4 Å². The first-order chi connectivity index (χ1) is 9.72. The molecule has 1 fully saturated rings. The highest BCUT2D eigenvalue weighted by Crippen LogP contribution is 2.26. The predicted molar refractivity (Wildman–Crippen MR) is 72.3 cm³/mol. The fourth-order valence-electron chi connectivity index (χ4n) is 2.90. The molecule has 0 bridgehead atoms. The van der Waals surface area contributed by atoms with E-state index in [4.69, 9.17) is 9.47 Å². The molecule has 2 aliphatic heterocycles. The summed E-state index contributed by atoms with van der Waals surface area (Å²) in [6, 6.07) is 1.42. The number of morpholine rings is 1. The van der Waals surface area contributed by atoms with Crippen LogP contribution >= 0.6 is 0 Å². The summed E-state index contributed by atoms with van der Waals surface area (Å²) in [4.78, 5) is 26.5. The lowest BCUT2D eigenvalue weighted by Crippen LogP contribution is -2.41. The van der Waals surface area contributed by atoms with E-state index in [1.54, 1.807) is 9.47 Å². The van der Waals surface area contributed by atoms with Crippen molar-refractivity contribution in [3.05, 3.63) is 27.7 Å². The number of hydrogen-bond acceptors (Lipinski definition) is 4. The number of ether oxygens (including phenoxy) is 2. The second-order valence-corrected chi connectivity index (χ2v) is 5.03. The largest absolute Gasteiger partial charge is 0.496 e. The average Bonchev–Trinajstić information content (AvgIpc) is 2.97. The minimum Gasteiger partial charge on any atom is -0.496 e. The van der Waals surface area contributed by atoms with E-state index < -0.39 is 0 Å². The minimum atomic E-state index is -0.0899. The van der Waals surface area contributed by atoms with Crippen molar-refractivity contribution in [1.82, 2.24) is 9.47 Å². The summed E-state index contributed by atoms with van der Waals surface area (Å²) in [5.41, 5.74) is 1.27. The molecule has 0 aliphatic carbocycles. The lowest BCUT2D eigenvalue weighted by atomic mass is 10.1. The van der Waals surface area contributed by atoms with Crippen LogP contribution in [0.3, 0.4) is 0 Å². The van der Waals surface area contributed by atoms with Crippen molar-refractivity contribution >= 4 is 5.91 Å². The molecular weight excluding hydrogens is 260 g/mol. The molecule has 6 nitrogen and oxygen atoms in total. The van der Waals surface area contributed by atoms with E-state index in [0.29, 0.717) is 44.2 Å². The van der Waals surface area contributed by atoms with Gasteiger partial charge < -0.3 is 18.9 Å². The molecular formula is C14H18N2O4. The molecule has 1 aromatic rings. The Balaban J connectivity index is 2.05. The van der Waals surface area contributed by atoms with Crippen LogP contribution in [0.25, 0.3) is 0 Å². The number of pyridine rings is 1. The van der Waals surface area contributed by atoms with Crippen LogP contribution in [0.15, 0.2) is 10.9 Å². The van der Waals surface area contributed by atoms with Gasteiger partial charge in [0, 0.05) is 31.4 Å². The molecule has 0 atom stereocenters. The Morgan fingerprint density at radius 3 is 2.75 bits per heavy atom. The molecule has 1 saturated heterocycles. The van der Waals surface area contributed by atoms with Gasteiger partial charge in [-0.05, 0) is 12.8 Å². The number of amides is 1. The van der Waals surface area contributed by atoms with Crippen molar-refractivity contribution in [3.8, 4) is 5.75 Å². The van der Waals surface area contributed by atoms with Crippen LogP contribution in [0, 0.1) is 0 Å². The number of hydrogen-bond donors (Lipinski definition) is 0. The Hall–Kier alpha value is -1.82. The molecule has 0 N–H and O–H groups in total. The summed E-state index contributed by atoms with van der Waals surface area (Å²) in [6.45, 7) is 2.97. The maximum atomic E-state index is 12.7. The quantitative estimate of drug-likeness (QED) is 0.779. The summed E-state index contributed by atoms with van der Waals surface area (Å²) in [7, 11) is 1.50. The summed E-state index contributed by atoms with van der Waals surface area (Å²) in [6.07, 6.45) is 1.64. The summed E-state index contributed by atoms with van der Waals surface area (Å²) < 4.78 is 12.2. The molecule has 108 valence electrons. The van der Waals surface area contributed by atoms with E-state index >= 15 is 0 Å². The second kappa shape index (κ2) is 5.28. The lowest BCUT2D eigenvalue weighted by Gasteiger charge is -2.28. The van der Waals surface area contributed by atoms with Crippen LogP contribution in [0.4, 0.5) is 0 Å². The van der Waals surface area contributed by atoms with Gasteiger partial charge in [0.05, 0.1) is 20.3 Å². The minimum absolute atomic E-state index is 0.0594. The third kappa shape index (κ3) is 2.10. The number of aromatic nitrogens is 1. The summed E-state index contributed by atoms with van der Waals surface area (Å²) >= 11 is 0. The van der Waals surface area contributed by atoms with Crippen molar-refractivity contribution in [2.24, 2.45) is 0 Å². The topological polar surface area (TPSA) is 60.8 Å². The predicted octanol–water partition coefficient (Wildman–Crippen LogP) is 0.275. The SMILES string of the molecule is COc1cc(=O)n2c(c1C(=O)N1CCOCC1)CCC2. The smallest absolute Gasteiger partial charge is 0.259 e. The van der Waals surface area contributed by atoms with Gasteiger partial charge in [-0.1, -0.05) is 0 Å². The fourth-order valence-corrected chi connectivity index (χ4v) is 2.90. The highest BCUT2D eigenvalue weighted by Gasteiger charge is 2.29. The van der Waals surface area contributed by atoms with Crippen molar-refractivity contribution in [2.75, 3.05) is 33.4 Å². The van der Waals surface area contributed by atoms with E-state index in [-0.39, 0.29) is 11.5 Å². The Labute approximate surface area is 116 Å². The van der Waals surface area contributed by atoms with Gasteiger partial charge in [-0.25, -0.2) is 0 Å². The number of carbonyl (C=O) groups excluding carboxylic acids is 1. The van der Waals surface area contributed by atoms with E-state index in [1.807, 2.05) is 0 Å². The molecule has 0 unspecified atom stereocenters. The molecule has 0 saturated carbocycles. The number of methoxy groups -OCH3 is 1. The summed E-state index contributed by atoms with van der Waals surface area (Å²) in [5, 5.41) is 0. The van der Waals surface area contributed by atoms with E-state index in [2.05, 4.69) is 0 Å². The Morgan fingerprint density at radius 1 is 1.30 bits per heavy atom. The zero-order chi connectivity index (χ0) is 14.1. The van der Waals surface area contributed by atoms with Gasteiger partial charge in [0.2, 0.25) is 0 Å². The molecule has 0 spiro atoms. The molecule has 6 heteroatoms. The molecule has 2 aliphatic rings. The first kappa shape index (κ1) is 13.2. The van der Waals surface area contributed by atoms with Gasteiger partial charge in [0.1, 0.15) is 11.3 Å². The van der Waals surface area contributed by atoms with Gasteiger partial charge in [-0.15, -0.1) is 0 Å². The zero-order valence-electron chi connectivity index (χ0n) is 11.6. The Morgan fingerprint density at radius 2 is 2.05 bits per heavy atom.